The summed E-state index contributed by atoms with van der Waals surface area (Å²) in [6.07, 6.45) is 0. The number of nitrogens with two attached hydrogens (primary N) is 1. The molecule has 0 aliphatic carbocycles. The summed E-state index contributed by atoms with van der Waals surface area (Å²) in [5.74, 6) is -0.596. The summed E-state index contributed by atoms with van der Waals surface area (Å²) in [7, 11) is 0. The molecular formula is C15H14ClF2NO. The van der Waals surface area contributed by atoms with Crippen LogP contribution in [0.1, 0.15) is 24.1 Å². The minimum atomic E-state index is -0.508. The monoisotopic (exact) mass is 297 g/mol. The van der Waals surface area contributed by atoms with Crippen LogP contribution < -0.4 is 10.5 Å². The Morgan fingerprint density at radius 1 is 1.20 bits per heavy atom. The topological polar surface area (TPSA) is 35.2 Å². The second-order valence-corrected chi connectivity index (χ2v) is 4.85. The maximum Gasteiger partial charge on any atom is 0.142 e. The quantitative estimate of drug-likeness (QED) is 0.917. The molecule has 0 aliphatic heterocycles. The molecule has 2 aromatic carbocycles. The molecule has 0 saturated heterocycles. The lowest BCUT2D eigenvalue weighted by Gasteiger charge is -2.11. The third-order valence-electron chi connectivity index (χ3n) is 2.89. The second-order valence-electron chi connectivity index (χ2n) is 4.47. The standard InChI is InChI=1S/C15H14ClF2NO/c1-9(19)12-6-5-11(7-14(12)18)20-8-10-3-2-4-13(17)15(10)16/h2-7,9H,8,19H2,1H3. The molecule has 0 radical (unpaired) electrons. The minimum Gasteiger partial charge on any atom is -0.489 e. The summed E-state index contributed by atoms with van der Waals surface area (Å²) >= 11 is 5.81. The Bertz CT molecular complexity index is 617. The Morgan fingerprint density at radius 3 is 2.60 bits per heavy atom. The molecule has 0 aliphatic rings. The van der Waals surface area contributed by atoms with Crippen LogP contribution in [0.3, 0.4) is 0 Å². The van der Waals surface area contributed by atoms with Crippen LogP contribution in [0.15, 0.2) is 36.4 Å². The van der Waals surface area contributed by atoms with E-state index in [0.29, 0.717) is 16.9 Å². The molecule has 0 spiro atoms. The molecule has 106 valence electrons. The smallest absolute Gasteiger partial charge is 0.142 e. The van der Waals surface area contributed by atoms with E-state index in [1.54, 1.807) is 31.2 Å². The number of halogens is 3. The normalized spacial score (nSPS) is 12.2. The third-order valence-corrected chi connectivity index (χ3v) is 3.31. The summed E-state index contributed by atoms with van der Waals surface area (Å²) in [6.45, 7) is 1.76. The molecule has 0 fully saturated rings. The molecule has 0 bridgehead atoms. The zero-order chi connectivity index (χ0) is 14.7. The highest BCUT2D eigenvalue weighted by molar-refractivity contribution is 6.31. The van der Waals surface area contributed by atoms with Gasteiger partial charge in [-0.25, -0.2) is 8.78 Å². The number of benzene rings is 2. The van der Waals surface area contributed by atoms with Crippen LogP contribution >= 0.6 is 11.6 Å². The van der Waals surface area contributed by atoms with Gasteiger partial charge in [-0.1, -0.05) is 29.8 Å². The number of hydrogen-bond donors (Lipinski definition) is 1. The largest absolute Gasteiger partial charge is 0.489 e. The van der Waals surface area contributed by atoms with E-state index in [1.165, 1.54) is 12.1 Å². The molecule has 2 N–H and O–H groups in total. The fraction of sp³-hybridized carbons (Fsp3) is 0.200. The minimum absolute atomic E-state index is 0.0140. The van der Waals surface area contributed by atoms with E-state index >= 15 is 0 Å². The molecular weight excluding hydrogens is 284 g/mol. The van der Waals surface area contributed by atoms with Crippen molar-refractivity contribution in [3.63, 3.8) is 0 Å². The first kappa shape index (κ1) is 14.8. The average Bonchev–Trinajstić information content (AvgIpc) is 2.40. The Labute approximate surface area is 121 Å². The maximum absolute atomic E-state index is 13.7. The first-order valence-corrected chi connectivity index (χ1v) is 6.47. The van der Waals surface area contributed by atoms with Crippen molar-refractivity contribution < 1.29 is 13.5 Å². The first-order chi connectivity index (χ1) is 9.49. The van der Waals surface area contributed by atoms with Crippen molar-refractivity contribution in [2.24, 2.45) is 5.73 Å². The van der Waals surface area contributed by atoms with Crippen molar-refractivity contribution in [2.45, 2.75) is 19.6 Å². The van der Waals surface area contributed by atoms with Crippen LogP contribution in [0.2, 0.25) is 5.02 Å². The molecule has 0 heterocycles. The highest BCUT2D eigenvalue weighted by Crippen LogP contribution is 2.24. The lowest BCUT2D eigenvalue weighted by molar-refractivity contribution is 0.303. The molecule has 0 amide bonds. The molecule has 2 rings (SSSR count). The fourth-order valence-corrected chi connectivity index (χ4v) is 1.97. The highest BCUT2D eigenvalue weighted by atomic mass is 35.5. The second kappa shape index (κ2) is 6.20. The van der Waals surface area contributed by atoms with Gasteiger partial charge in [0.2, 0.25) is 0 Å². The van der Waals surface area contributed by atoms with Gasteiger partial charge in [-0.3, -0.25) is 0 Å². The molecule has 2 nitrogen and oxygen atoms in total. The van der Waals surface area contributed by atoms with Gasteiger partial charge in [-0.2, -0.15) is 0 Å². The number of hydrogen-bond acceptors (Lipinski definition) is 2. The van der Waals surface area contributed by atoms with Crippen molar-refractivity contribution in [3.8, 4) is 5.75 Å². The lowest BCUT2D eigenvalue weighted by Crippen LogP contribution is -2.07. The van der Waals surface area contributed by atoms with Crippen LogP contribution in [0.4, 0.5) is 8.78 Å². The molecule has 0 saturated carbocycles. The highest BCUT2D eigenvalue weighted by Gasteiger charge is 2.10. The van der Waals surface area contributed by atoms with E-state index in [0.717, 1.165) is 0 Å². The lowest BCUT2D eigenvalue weighted by atomic mass is 10.1. The Kier molecular flexibility index (Phi) is 4.57. The zero-order valence-corrected chi connectivity index (χ0v) is 11.6. The van der Waals surface area contributed by atoms with E-state index in [2.05, 4.69) is 0 Å². The third kappa shape index (κ3) is 3.26. The van der Waals surface area contributed by atoms with Crippen LogP contribution in [-0.2, 0) is 6.61 Å². The molecule has 1 atom stereocenters. The van der Waals surface area contributed by atoms with Gasteiger partial charge < -0.3 is 10.5 Å². The summed E-state index contributed by atoms with van der Waals surface area (Å²) in [5.41, 5.74) is 6.55. The van der Waals surface area contributed by atoms with Gasteiger partial charge in [0.1, 0.15) is 24.0 Å². The van der Waals surface area contributed by atoms with Crippen LogP contribution in [0, 0.1) is 11.6 Å². The Balaban J connectivity index is 2.11. The first-order valence-electron chi connectivity index (χ1n) is 6.09. The van der Waals surface area contributed by atoms with E-state index in [4.69, 9.17) is 22.1 Å². The fourth-order valence-electron chi connectivity index (χ4n) is 1.79. The average molecular weight is 298 g/mol. The van der Waals surface area contributed by atoms with Gasteiger partial charge >= 0.3 is 0 Å². The van der Waals surface area contributed by atoms with Crippen molar-refractivity contribution in [3.05, 3.63) is 64.2 Å². The van der Waals surface area contributed by atoms with Gasteiger partial charge in [0, 0.05) is 23.2 Å². The zero-order valence-electron chi connectivity index (χ0n) is 10.9. The van der Waals surface area contributed by atoms with Crippen LogP contribution in [0.25, 0.3) is 0 Å². The molecule has 2 aromatic rings. The van der Waals surface area contributed by atoms with Crippen molar-refractivity contribution >= 4 is 11.6 Å². The van der Waals surface area contributed by atoms with E-state index in [1.807, 2.05) is 0 Å². The van der Waals surface area contributed by atoms with Gasteiger partial charge in [0.25, 0.3) is 0 Å². The Morgan fingerprint density at radius 2 is 1.95 bits per heavy atom. The van der Waals surface area contributed by atoms with E-state index in [9.17, 15) is 8.78 Å². The molecule has 1 unspecified atom stereocenters. The van der Waals surface area contributed by atoms with Gasteiger partial charge in [-0.15, -0.1) is 0 Å². The van der Waals surface area contributed by atoms with E-state index < -0.39 is 11.6 Å². The summed E-state index contributed by atoms with van der Waals surface area (Å²) < 4.78 is 32.4. The van der Waals surface area contributed by atoms with Crippen LogP contribution in [-0.4, -0.2) is 0 Å². The summed E-state index contributed by atoms with van der Waals surface area (Å²) in [5, 5.41) is 0.0140. The van der Waals surface area contributed by atoms with Crippen molar-refractivity contribution in [2.75, 3.05) is 0 Å². The van der Waals surface area contributed by atoms with Crippen molar-refractivity contribution in [1.82, 2.24) is 0 Å². The van der Waals surface area contributed by atoms with E-state index in [-0.39, 0.29) is 17.7 Å². The predicted molar refractivity (Wildman–Crippen MR) is 74.7 cm³/mol. The molecule has 0 aromatic heterocycles. The van der Waals surface area contributed by atoms with Crippen LogP contribution in [0.5, 0.6) is 5.75 Å². The van der Waals surface area contributed by atoms with Gasteiger partial charge in [-0.05, 0) is 19.1 Å². The predicted octanol–water partition coefficient (Wildman–Crippen LogP) is 4.22. The summed E-state index contributed by atoms with van der Waals surface area (Å²) in [6, 6.07) is 8.52. The molecule has 20 heavy (non-hydrogen) atoms. The molecule has 5 heteroatoms. The maximum atomic E-state index is 13.7. The SMILES string of the molecule is CC(N)c1ccc(OCc2cccc(F)c2Cl)cc1F. The van der Waals surface area contributed by atoms with Gasteiger partial charge in [0.15, 0.2) is 0 Å². The number of rotatable bonds is 4. The number of ether oxygens (including phenoxy) is 1. The summed E-state index contributed by atoms with van der Waals surface area (Å²) in [4.78, 5) is 0. The van der Waals surface area contributed by atoms with Gasteiger partial charge in [0.05, 0.1) is 5.02 Å². The Hall–Kier alpha value is -1.65. The van der Waals surface area contributed by atoms with Crippen molar-refractivity contribution in [1.29, 1.82) is 0 Å².